The number of benzene rings is 4. The fraction of sp³-hybridized carbons (Fsp3) is 0.0638. The Hall–Kier alpha value is -7.32. The Labute approximate surface area is 318 Å². The molecule has 0 aliphatic carbocycles. The first-order chi connectivity index (χ1) is 27.0. The molecule has 9 rings (SSSR count). The molecule has 0 radical (unpaired) electrons. The van der Waals surface area contributed by atoms with Crippen LogP contribution in [0.15, 0.2) is 121 Å². The van der Waals surface area contributed by atoms with E-state index < -0.39 is 0 Å². The summed E-state index contributed by atoms with van der Waals surface area (Å²) in [4.78, 5) is 18.3. The van der Waals surface area contributed by atoms with E-state index in [4.69, 9.17) is 29.9 Å². The molecular weight excluding hydrogens is 683 g/mol. The van der Waals surface area contributed by atoms with Crippen LogP contribution in [-0.4, -0.2) is 41.3 Å². The molecule has 55 heavy (non-hydrogen) atoms. The Morgan fingerprint density at radius 2 is 0.618 bits per heavy atom. The summed E-state index contributed by atoms with van der Waals surface area (Å²) in [7, 11) is 5.03. The van der Waals surface area contributed by atoms with Crippen LogP contribution in [0.4, 0.5) is 5.69 Å². The van der Waals surface area contributed by atoms with Crippen molar-refractivity contribution in [2.45, 2.75) is 0 Å². The fourth-order valence-corrected chi connectivity index (χ4v) is 7.34. The third-order valence-corrected chi connectivity index (χ3v) is 10.1. The van der Waals surface area contributed by atoms with E-state index in [0.29, 0.717) is 5.69 Å². The number of aromatic amines is 2. The number of methoxy groups -OCH3 is 3. The van der Waals surface area contributed by atoms with E-state index in [1.165, 1.54) is 0 Å². The van der Waals surface area contributed by atoms with Crippen LogP contribution in [0.5, 0.6) is 17.2 Å². The molecule has 4 N–H and O–H groups in total. The number of anilines is 1. The van der Waals surface area contributed by atoms with Crippen molar-refractivity contribution in [2.24, 2.45) is 0 Å². The highest BCUT2D eigenvalue weighted by Gasteiger charge is 2.19. The summed E-state index contributed by atoms with van der Waals surface area (Å²) < 4.78 is 16.6. The lowest BCUT2D eigenvalue weighted by Crippen LogP contribution is -1.91. The molecule has 0 spiro atoms. The fourth-order valence-electron chi connectivity index (χ4n) is 7.34. The van der Waals surface area contributed by atoms with Crippen LogP contribution in [0.25, 0.3) is 90.9 Å². The maximum Gasteiger partial charge on any atom is 0.118 e. The summed E-state index contributed by atoms with van der Waals surface area (Å²) >= 11 is 0. The van der Waals surface area contributed by atoms with Gasteiger partial charge in [-0.1, -0.05) is 48.5 Å². The second kappa shape index (κ2) is 13.9. The third-order valence-electron chi connectivity index (χ3n) is 10.1. The van der Waals surface area contributed by atoms with E-state index in [9.17, 15) is 0 Å². The molecule has 0 saturated carbocycles. The number of nitrogens with two attached hydrogens (primary N) is 1. The lowest BCUT2D eigenvalue weighted by molar-refractivity contribution is 0.415. The second-order valence-electron chi connectivity index (χ2n) is 13.3. The Morgan fingerprint density at radius 1 is 0.364 bits per heavy atom. The van der Waals surface area contributed by atoms with E-state index in [-0.39, 0.29) is 0 Å². The molecule has 0 atom stereocenters. The molecule has 0 saturated heterocycles. The van der Waals surface area contributed by atoms with Crippen LogP contribution in [0.1, 0.15) is 22.8 Å². The second-order valence-corrected chi connectivity index (χ2v) is 13.3. The Balaban J connectivity index is 1.44. The quantitative estimate of drug-likeness (QED) is 0.141. The van der Waals surface area contributed by atoms with Crippen molar-refractivity contribution in [1.82, 2.24) is 19.9 Å². The number of nitrogens with one attached hydrogen (secondary N) is 2. The lowest BCUT2D eigenvalue weighted by atomic mass is 10.0. The van der Waals surface area contributed by atoms with Gasteiger partial charge in [0.05, 0.1) is 44.1 Å². The average molecular weight is 720 g/mol. The molecule has 2 aliphatic heterocycles. The molecule has 268 valence electrons. The van der Waals surface area contributed by atoms with Gasteiger partial charge in [-0.3, -0.25) is 0 Å². The van der Waals surface area contributed by atoms with Crippen molar-refractivity contribution in [1.29, 1.82) is 0 Å². The number of hydrogen-bond acceptors (Lipinski definition) is 6. The summed E-state index contributed by atoms with van der Waals surface area (Å²) in [6.45, 7) is 0. The highest BCUT2D eigenvalue weighted by molar-refractivity contribution is 6.00. The third kappa shape index (κ3) is 6.19. The van der Waals surface area contributed by atoms with Crippen LogP contribution >= 0.6 is 0 Å². The van der Waals surface area contributed by atoms with Crippen molar-refractivity contribution in [2.75, 3.05) is 27.1 Å². The van der Waals surface area contributed by atoms with Gasteiger partial charge in [0, 0.05) is 50.0 Å². The summed E-state index contributed by atoms with van der Waals surface area (Å²) in [5.74, 6) is 2.34. The molecule has 8 bridgehead atoms. The van der Waals surface area contributed by atoms with Gasteiger partial charge in [0.1, 0.15) is 17.2 Å². The van der Waals surface area contributed by atoms with E-state index in [2.05, 4.69) is 94.9 Å². The first kappa shape index (κ1) is 33.5. The average Bonchev–Trinajstić information content (AvgIpc) is 4.07. The van der Waals surface area contributed by atoms with E-state index >= 15 is 0 Å². The number of nitrogens with zero attached hydrogens (tertiary/aromatic N) is 2. The van der Waals surface area contributed by atoms with Crippen LogP contribution in [0.3, 0.4) is 0 Å². The monoisotopic (exact) mass is 719 g/mol. The number of aromatic nitrogens is 4. The molecule has 3 aromatic heterocycles. The number of fused-ring (bicyclic) bond motifs is 8. The number of nitrogen functional groups attached to an aromatic ring is 1. The van der Waals surface area contributed by atoms with Crippen molar-refractivity contribution in [3.8, 4) is 61.8 Å². The highest BCUT2D eigenvalue weighted by atomic mass is 16.5. The number of hydrogen-bond donors (Lipinski definition) is 3. The molecule has 7 aromatic rings. The van der Waals surface area contributed by atoms with Gasteiger partial charge in [0.25, 0.3) is 0 Å². The molecule has 2 aliphatic rings. The predicted octanol–water partition coefficient (Wildman–Crippen LogP) is 10.9. The largest absolute Gasteiger partial charge is 0.497 e. The lowest BCUT2D eigenvalue weighted by Gasteiger charge is -2.08. The summed E-state index contributed by atoms with van der Waals surface area (Å²) in [6.07, 6.45) is 8.35. The Kier molecular flexibility index (Phi) is 8.48. The van der Waals surface area contributed by atoms with E-state index in [0.717, 1.165) is 107 Å². The van der Waals surface area contributed by atoms with Gasteiger partial charge in [-0.25, -0.2) is 9.97 Å². The topological polar surface area (TPSA) is 111 Å². The van der Waals surface area contributed by atoms with Crippen molar-refractivity contribution >= 4 is 52.1 Å². The summed E-state index contributed by atoms with van der Waals surface area (Å²) in [6, 6.07) is 40.6. The maximum absolute atomic E-state index is 6.17. The summed E-state index contributed by atoms with van der Waals surface area (Å²) in [5.41, 5.74) is 21.6. The Bertz CT molecular complexity index is 2750. The first-order valence-electron chi connectivity index (χ1n) is 17.9. The van der Waals surface area contributed by atoms with Gasteiger partial charge in [-0.15, -0.1) is 0 Å². The minimum Gasteiger partial charge on any atom is -0.497 e. The van der Waals surface area contributed by atoms with Gasteiger partial charge in [-0.05, 0) is 119 Å². The standard InChI is InChI=1S/C47H37N5O3/c1-53-33-14-6-29(7-15-33)45-38-22-20-36(49-38)44(28-4-12-32(48)13-5-28)37-21-23-39(50-37)46(30-8-16-34(54-2)17-9-30)41-25-27-43(52-41)47(42-26-24-40(45)51-42)31-10-18-35(55-3)19-11-31/h4-27,49,52H,48H2,1-3H3. The molecule has 8 nitrogen and oxygen atoms in total. The molecule has 8 heteroatoms. The van der Waals surface area contributed by atoms with Crippen molar-refractivity contribution in [3.05, 3.63) is 144 Å². The number of ether oxygens (including phenoxy) is 3. The molecule has 5 heterocycles. The molecule has 0 unspecified atom stereocenters. The van der Waals surface area contributed by atoms with Crippen LogP contribution in [0, 0.1) is 0 Å². The van der Waals surface area contributed by atoms with E-state index in [1.54, 1.807) is 21.3 Å². The van der Waals surface area contributed by atoms with Gasteiger partial charge >= 0.3 is 0 Å². The van der Waals surface area contributed by atoms with Gasteiger partial charge in [0.2, 0.25) is 0 Å². The zero-order valence-electron chi connectivity index (χ0n) is 30.6. The van der Waals surface area contributed by atoms with Gasteiger partial charge in [0.15, 0.2) is 0 Å². The van der Waals surface area contributed by atoms with Crippen molar-refractivity contribution < 1.29 is 14.2 Å². The summed E-state index contributed by atoms with van der Waals surface area (Å²) in [5, 5.41) is 0. The van der Waals surface area contributed by atoms with Crippen LogP contribution in [-0.2, 0) is 0 Å². The molecule has 0 fully saturated rings. The number of H-pyrrole nitrogens is 2. The van der Waals surface area contributed by atoms with E-state index in [1.807, 2.05) is 60.7 Å². The molecule has 4 aromatic carbocycles. The van der Waals surface area contributed by atoms with Crippen LogP contribution < -0.4 is 19.9 Å². The normalized spacial score (nSPS) is 11.8. The first-order valence-corrected chi connectivity index (χ1v) is 17.9. The zero-order valence-corrected chi connectivity index (χ0v) is 30.6. The Morgan fingerprint density at radius 3 is 0.873 bits per heavy atom. The van der Waals surface area contributed by atoms with Gasteiger partial charge in [-0.2, -0.15) is 0 Å². The maximum atomic E-state index is 6.17. The number of rotatable bonds is 7. The predicted molar refractivity (Wildman–Crippen MR) is 225 cm³/mol. The molecule has 0 amide bonds. The minimum atomic E-state index is 0.692. The zero-order chi connectivity index (χ0) is 37.5. The smallest absolute Gasteiger partial charge is 0.118 e. The highest BCUT2D eigenvalue weighted by Crippen LogP contribution is 2.39. The van der Waals surface area contributed by atoms with Crippen molar-refractivity contribution in [3.63, 3.8) is 0 Å². The minimum absolute atomic E-state index is 0.692. The van der Waals surface area contributed by atoms with Crippen LogP contribution in [0.2, 0.25) is 0 Å². The SMILES string of the molecule is COc1ccc(-c2c3nc(c(-c4ccc(OC)cc4)c4ccc([nH]4)c(-c4ccc(OC)cc4)c4nc(c(-c5ccc(N)cc5)c5ccc2[nH]5)C=C4)C=C3)cc1. The van der Waals surface area contributed by atoms with Gasteiger partial charge < -0.3 is 29.9 Å². The molecular formula is C47H37N5O3.